The van der Waals surface area contributed by atoms with Gasteiger partial charge in [0.15, 0.2) is 17.3 Å². The van der Waals surface area contributed by atoms with Crippen LogP contribution >= 0.6 is 11.6 Å². The maximum atomic E-state index is 13.7. The van der Waals surface area contributed by atoms with Crippen molar-refractivity contribution in [2.24, 2.45) is 10.9 Å². The molecule has 0 N–H and O–H groups in total. The summed E-state index contributed by atoms with van der Waals surface area (Å²) >= 11 is 6.33. The van der Waals surface area contributed by atoms with E-state index in [0.717, 1.165) is 29.7 Å². The number of carbonyl (C=O) groups is 2. The second-order valence-corrected chi connectivity index (χ2v) is 9.72. The molecule has 1 heterocycles. The quantitative estimate of drug-likeness (QED) is 0.309. The Morgan fingerprint density at radius 2 is 1.83 bits per heavy atom. The fourth-order valence-corrected chi connectivity index (χ4v) is 5.37. The Kier molecular flexibility index (Phi) is 8.14. The van der Waals surface area contributed by atoms with Gasteiger partial charge in [-0.25, -0.2) is 0 Å². The minimum Gasteiger partial charge on any atom is -0.493 e. The molecule has 2 aromatic carbocycles. The summed E-state index contributed by atoms with van der Waals surface area (Å²) in [4.78, 5) is 31.8. The molecule has 0 fully saturated rings. The van der Waals surface area contributed by atoms with E-state index in [1.807, 2.05) is 50.2 Å². The summed E-state index contributed by atoms with van der Waals surface area (Å²) in [5, 5.41) is 0.555. The Morgan fingerprint density at radius 1 is 1.06 bits per heavy atom. The second kappa shape index (κ2) is 11.3. The molecular formula is C29H32ClNO5. The van der Waals surface area contributed by atoms with Crippen LogP contribution in [0, 0.1) is 5.92 Å². The topological polar surface area (TPSA) is 74.2 Å². The summed E-state index contributed by atoms with van der Waals surface area (Å²) in [6, 6.07) is 13.1. The van der Waals surface area contributed by atoms with Crippen LogP contribution in [0.1, 0.15) is 62.5 Å². The van der Waals surface area contributed by atoms with Crippen molar-refractivity contribution in [3.63, 3.8) is 0 Å². The molecule has 0 aromatic heterocycles. The smallest absolute Gasteiger partial charge is 0.315 e. The zero-order chi connectivity index (χ0) is 25.8. The van der Waals surface area contributed by atoms with Crippen LogP contribution in [0.2, 0.25) is 5.02 Å². The highest BCUT2D eigenvalue weighted by molar-refractivity contribution is 6.30. The third kappa shape index (κ3) is 5.19. The van der Waals surface area contributed by atoms with Gasteiger partial charge in [-0.1, -0.05) is 43.1 Å². The molecule has 7 heteroatoms. The van der Waals surface area contributed by atoms with Crippen molar-refractivity contribution in [3.05, 3.63) is 69.9 Å². The number of carbonyl (C=O) groups excluding carboxylic acids is 2. The van der Waals surface area contributed by atoms with E-state index in [0.29, 0.717) is 47.3 Å². The summed E-state index contributed by atoms with van der Waals surface area (Å²) in [6.45, 7) is 4.24. The van der Waals surface area contributed by atoms with Crippen LogP contribution in [-0.2, 0) is 14.3 Å². The van der Waals surface area contributed by atoms with E-state index in [4.69, 9.17) is 30.8 Å². The maximum Gasteiger partial charge on any atom is 0.315 e. The number of methoxy groups -OCH3 is 2. The van der Waals surface area contributed by atoms with Crippen molar-refractivity contribution >= 4 is 29.1 Å². The van der Waals surface area contributed by atoms with Crippen LogP contribution in [0.25, 0.3) is 0 Å². The Bertz CT molecular complexity index is 1220. The molecule has 0 spiro atoms. The van der Waals surface area contributed by atoms with Gasteiger partial charge in [-0.3, -0.25) is 14.6 Å². The predicted molar refractivity (Wildman–Crippen MR) is 140 cm³/mol. The zero-order valence-corrected chi connectivity index (χ0v) is 21.9. The van der Waals surface area contributed by atoms with Gasteiger partial charge in [0.05, 0.1) is 20.8 Å². The number of esters is 1. The van der Waals surface area contributed by atoms with Gasteiger partial charge in [-0.15, -0.1) is 0 Å². The molecule has 2 aromatic rings. The van der Waals surface area contributed by atoms with Gasteiger partial charge in [-0.05, 0) is 61.1 Å². The maximum absolute atomic E-state index is 13.7. The molecule has 0 amide bonds. The molecule has 0 radical (unpaired) electrons. The minimum atomic E-state index is -0.666. The van der Waals surface area contributed by atoms with Crippen LogP contribution in [0.5, 0.6) is 11.5 Å². The normalized spacial score (nSPS) is 21.5. The van der Waals surface area contributed by atoms with Gasteiger partial charge in [0.2, 0.25) is 0 Å². The lowest BCUT2D eigenvalue weighted by Gasteiger charge is -2.36. The van der Waals surface area contributed by atoms with Crippen molar-refractivity contribution < 1.29 is 23.8 Å². The number of aliphatic imine (C=N–C) groups is 1. The highest BCUT2D eigenvalue weighted by atomic mass is 35.5. The largest absolute Gasteiger partial charge is 0.493 e. The lowest BCUT2D eigenvalue weighted by atomic mass is 9.69. The van der Waals surface area contributed by atoms with E-state index in [2.05, 4.69) is 0 Å². The van der Waals surface area contributed by atoms with E-state index < -0.39 is 11.8 Å². The Morgan fingerprint density at radius 3 is 2.53 bits per heavy atom. The van der Waals surface area contributed by atoms with E-state index >= 15 is 0 Å². The molecule has 0 saturated carbocycles. The monoisotopic (exact) mass is 509 g/mol. The first-order valence-electron chi connectivity index (χ1n) is 12.3. The van der Waals surface area contributed by atoms with Gasteiger partial charge in [0.25, 0.3) is 0 Å². The first kappa shape index (κ1) is 26.0. The summed E-state index contributed by atoms with van der Waals surface area (Å²) in [5.41, 5.74) is 3.78. The molecule has 1 unspecified atom stereocenters. The van der Waals surface area contributed by atoms with E-state index in [9.17, 15) is 9.59 Å². The van der Waals surface area contributed by atoms with Crippen LogP contribution in [0.15, 0.2) is 58.7 Å². The third-order valence-electron chi connectivity index (χ3n) is 6.97. The van der Waals surface area contributed by atoms with Gasteiger partial charge in [0, 0.05) is 34.3 Å². The molecule has 6 nitrogen and oxygen atoms in total. The van der Waals surface area contributed by atoms with Crippen molar-refractivity contribution in [2.75, 3.05) is 20.8 Å². The summed E-state index contributed by atoms with van der Waals surface area (Å²) in [5.74, 6) is -0.303. The van der Waals surface area contributed by atoms with Gasteiger partial charge >= 0.3 is 5.97 Å². The number of hydrogen-bond donors (Lipinski definition) is 0. The predicted octanol–water partition coefficient (Wildman–Crippen LogP) is 6.28. The summed E-state index contributed by atoms with van der Waals surface area (Å²) in [7, 11) is 3.19. The number of ketones is 1. The zero-order valence-electron chi connectivity index (χ0n) is 21.2. The average Bonchev–Trinajstić information content (AvgIpc) is 2.87. The van der Waals surface area contributed by atoms with Crippen molar-refractivity contribution in [1.82, 2.24) is 0 Å². The first-order chi connectivity index (χ1) is 17.4. The number of ether oxygens (including phenoxy) is 3. The fraction of sp³-hybridized carbons (Fsp3) is 0.414. The SMILES string of the molecule is CCCCOC(=O)C1C(C)=NC2=C(C(=O)C[C@H](c3ccc(OC)c(OC)c3)C2)[C@@H]1c1cccc(Cl)c1. The Labute approximate surface area is 217 Å². The number of benzene rings is 2. The van der Waals surface area contributed by atoms with Crippen molar-refractivity contribution in [2.45, 2.75) is 51.4 Å². The fourth-order valence-electron chi connectivity index (χ4n) is 5.17. The van der Waals surface area contributed by atoms with Crippen molar-refractivity contribution in [1.29, 1.82) is 0 Å². The third-order valence-corrected chi connectivity index (χ3v) is 7.21. The number of halogens is 1. The van der Waals surface area contributed by atoms with Crippen LogP contribution < -0.4 is 9.47 Å². The van der Waals surface area contributed by atoms with Crippen LogP contribution in [0.3, 0.4) is 0 Å². The summed E-state index contributed by atoms with van der Waals surface area (Å²) < 4.78 is 16.5. The molecule has 3 atom stereocenters. The van der Waals surface area contributed by atoms with Crippen molar-refractivity contribution in [3.8, 4) is 11.5 Å². The average molecular weight is 510 g/mol. The van der Waals surface area contributed by atoms with Gasteiger partial charge in [-0.2, -0.15) is 0 Å². The van der Waals surface area contributed by atoms with Crippen LogP contribution in [-0.4, -0.2) is 38.3 Å². The minimum absolute atomic E-state index is 0.0105. The molecule has 4 rings (SSSR count). The van der Waals surface area contributed by atoms with Gasteiger partial charge < -0.3 is 14.2 Å². The molecule has 1 aliphatic heterocycles. The molecule has 2 aliphatic rings. The van der Waals surface area contributed by atoms with E-state index in [-0.39, 0.29) is 17.7 Å². The highest BCUT2D eigenvalue weighted by Gasteiger charge is 2.44. The first-order valence-corrected chi connectivity index (χ1v) is 12.7. The molecule has 0 saturated heterocycles. The Hall–Kier alpha value is -3.12. The molecule has 190 valence electrons. The molecular weight excluding hydrogens is 478 g/mol. The van der Waals surface area contributed by atoms with E-state index in [1.165, 1.54) is 0 Å². The highest BCUT2D eigenvalue weighted by Crippen LogP contribution is 2.47. The van der Waals surface area contributed by atoms with Gasteiger partial charge in [0.1, 0.15) is 5.92 Å². The number of Topliss-reactive ketones (excluding diaryl/α,β-unsaturated/α-hetero) is 1. The Balaban J connectivity index is 1.74. The van der Waals surface area contributed by atoms with Crippen LogP contribution in [0.4, 0.5) is 0 Å². The number of nitrogens with zero attached hydrogens (tertiary/aromatic N) is 1. The number of hydrogen-bond acceptors (Lipinski definition) is 6. The molecule has 36 heavy (non-hydrogen) atoms. The number of rotatable bonds is 8. The number of allylic oxidation sites excluding steroid dienone is 2. The summed E-state index contributed by atoms with van der Waals surface area (Å²) in [6.07, 6.45) is 2.62. The number of unbranched alkanes of at least 4 members (excludes halogenated alkanes) is 1. The molecule has 0 bridgehead atoms. The molecule has 1 aliphatic carbocycles. The standard InChI is InChI=1S/C29H32ClNO5/c1-5-6-12-36-29(33)26-17(2)31-22-14-20(18-10-11-24(34-3)25(16-18)35-4)15-23(32)28(22)27(26)19-8-7-9-21(30)13-19/h7-11,13,16,20,26-27H,5-6,12,14-15H2,1-4H3/t20-,26?,27-/m1/s1. The lowest BCUT2D eigenvalue weighted by Crippen LogP contribution is -2.38. The second-order valence-electron chi connectivity index (χ2n) is 9.29. The van der Waals surface area contributed by atoms with E-state index in [1.54, 1.807) is 20.3 Å². The lowest BCUT2D eigenvalue weighted by molar-refractivity contribution is -0.146.